The van der Waals surface area contributed by atoms with Gasteiger partial charge in [0.1, 0.15) is 0 Å². The lowest BCUT2D eigenvalue weighted by Gasteiger charge is -1.95. The number of azide groups is 1. The summed E-state index contributed by atoms with van der Waals surface area (Å²) in [6, 6.07) is 5.15. The maximum atomic E-state index is 8.23. The van der Waals surface area contributed by atoms with Gasteiger partial charge in [0.05, 0.1) is 18.5 Å². The van der Waals surface area contributed by atoms with Gasteiger partial charge in [-0.15, -0.1) is 0 Å². The molecule has 6 heteroatoms. The molecular formula is C7H7N5O. The van der Waals surface area contributed by atoms with E-state index in [4.69, 9.17) is 10.7 Å². The largest absolute Gasteiger partial charge is 0.411 e. The van der Waals surface area contributed by atoms with Gasteiger partial charge in [0, 0.05) is 10.6 Å². The molecule has 1 rings (SSSR count). The van der Waals surface area contributed by atoms with Gasteiger partial charge in [0.15, 0.2) is 0 Å². The molecule has 0 unspecified atom stereocenters. The van der Waals surface area contributed by atoms with Crippen LogP contribution in [0.4, 0.5) is 0 Å². The second-order valence-corrected chi connectivity index (χ2v) is 2.19. The predicted molar refractivity (Wildman–Crippen MR) is 46.5 cm³/mol. The topological polar surface area (TPSA) is 94.2 Å². The normalized spacial score (nSPS) is 9.85. The number of aromatic nitrogens is 1. The number of pyridine rings is 1. The van der Waals surface area contributed by atoms with E-state index in [9.17, 15) is 0 Å². The van der Waals surface area contributed by atoms with Crippen LogP contribution in [0.3, 0.4) is 0 Å². The zero-order valence-electron chi connectivity index (χ0n) is 6.70. The minimum Gasteiger partial charge on any atom is -0.411 e. The molecule has 0 amide bonds. The van der Waals surface area contributed by atoms with Crippen LogP contribution in [0.2, 0.25) is 0 Å². The highest BCUT2D eigenvalue weighted by Gasteiger charge is 1.93. The molecule has 0 aliphatic rings. The van der Waals surface area contributed by atoms with Gasteiger partial charge in [0.25, 0.3) is 0 Å². The molecule has 0 saturated carbocycles. The summed E-state index contributed by atoms with van der Waals surface area (Å²) in [5.41, 5.74) is 9.22. The second-order valence-electron chi connectivity index (χ2n) is 2.19. The Hall–Kier alpha value is -2.07. The Morgan fingerprint density at radius 2 is 2.46 bits per heavy atom. The Bertz CT molecular complexity index is 356. The van der Waals surface area contributed by atoms with Gasteiger partial charge < -0.3 is 5.21 Å². The van der Waals surface area contributed by atoms with Crippen LogP contribution in [0.1, 0.15) is 11.4 Å². The maximum absolute atomic E-state index is 8.23. The first-order valence-electron chi connectivity index (χ1n) is 3.51. The van der Waals surface area contributed by atoms with Crippen molar-refractivity contribution in [1.82, 2.24) is 4.98 Å². The Morgan fingerprint density at radius 3 is 3.15 bits per heavy atom. The van der Waals surface area contributed by atoms with Crippen LogP contribution in [-0.2, 0) is 6.54 Å². The van der Waals surface area contributed by atoms with E-state index >= 15 is 0 Å². The fourth-order valence-corrected chi connectivity index (χ4v) is 0.821. The minimum absolute atomic E-state index is 0.198. The van der Waals surface area contributed by atoms with Gasteiger partial charge in [-0.05, 0) is 17.7 Å². The molecule has 0 aliphatic heterocycles. The van der Waals surface area contributed by atoms with Crippen molar-refractivity contribution < 1.29 is 5.21 Å². The Morgan fingerprint density at radius 1 is 1.62 bits per heavy atom. The molecule has 0 aromatic carbocycles. The standard InChI is InChI=1S/C7H7N5O/c8-12-9-4-6-2-1-3-7(11-6)5-10-13/h1-3,5,13H,4H2/b10-5-. The predicted octanol–water partition coefficient (Wildman–Crippen LogP) is 1.70. The molecule has 1 N–H and O–H groups in total. The average molecular weight is 177 g/mol. The lowest BCUT2D eigenvalue weighted by molar-refractivity contribution is 0.321. The first-order valence-corrected chi connectivity index (χ1v) is 3.51. The third kappa shape index (κ3) is 2.80. The number of hydrogen-bond acceptors (Lipinski definition) is 4. The van der Waals surface area contributed by atoms with Crippen molar-refractivity contribution in [2.24, 2.45) is 10.3 Å². The molecule has 0 atom stereocenters. The smallest absolute Gasteiger partial charge is 0.0918 e. The van der Waals surface area contributed by atoms with Crippen molar-refractivity contribution in [2.75, 3.05) is 0 Å². The lowest BCUT2D eigenvalue weighted by atomic mass is 10.3. The number of rotatable bonds is 3. The van der Waals surface area contributed by atoms with Crippen LogP contribution in [0.15, 0.2) is 28.5 Å². The van der Waals surface area contributed by atoms with Crippen molar-refractivity contribution >= 4 is 6.21 Å². The molecule has 13 heavy (non-hydrogen) atoms. The van der Waals surface area contributed by atoms with Gasteiger partial charge in [-0.25, -0.2) is 0 Å². The van der Waals surface area contributed by atoms with E-state index in [1.54, 1.807) is 18.2 Å². The van der Waals surface area contributed by atoms with Gasteiger partial charge in [-0.2, -0.15) is 0 Å². The van der Waals surface area contributed by atoms with E-state index in [0.717, 1.165) is 0 Å². The molecule has 6 nitrogen and oxygen atoms in total. The van der Waals surface area contributed by atoms with Crippen LogP contribution in [0.25, 0.3) is 10.4 Å². The molecule has 0 fully saturated rings. The summed E-state index contributed by atoms with van der Waals surface area (Å²) in [6.45, 7) is 0.198. The molecule has 1 heterocycles. The summed E-state index contributed by atoms with van der Waals surface area (Å²) in [5.74, 6) is 0. The van der Waals surface area contributed by atoms with Crippen LogP contribution >= 0.6 is 0 Å². The molecule has 0 bridgehead atoms. The molecule has 1 aromatic rings. The zero-order valence-corrected chi connectivity index (χ0v) is 6.70. The summed E-state index contributed by atoms with van der Waals surface area (Å²) < 4.78 is 0. The zero-order chi connectivity index (χ0) is 9.52. The van der Waals surface area contributed by atoms with Crippen LogP contribution < -0.4 is 0 Å². The summed E-state index contributed by atoms with van der Waals surface area (Å²) in [4.78, 5) is 6.63. The molecule has 1 aromatic heterocycles. The maximum Gasteiger partial charge on any atom is 0.0918 e. The highest BCUT2D eigenvalue weighted by Crippen LogP contribution is 1.99. The number of hydrogen-bond donors (Lipinski definition) is 1. The Labute approximate surface area is 74.2 Å². The van der Waals surface area contributed by atoms with Crippen molar-refractivity contribution in [3.05, 3.63) is 40.0 Å². The highest BCUT2D eigenvalue weighted by molar-refractivity contribution is 5.76. The molecule has 0 aliphatic carbocycles. The Kier molecular flexibility index (Phi) is 3.29. The lowest BCUT2D eigenvalue weighted by Crippen LogP contribution is -1.92. The summed E-state index contributed by atoms with van der Waals surface area (Å²) >= 11 is 0. The summed E-state index contributed by atoms with van der Waals surface area (Å²) in [7, 11) is 0. The minimum atomic E-state index is 0.198. The van der Waals surface area contributed by atoms with E-state index in [-0.39, 0.29) is 6.54 Å². The highest BCUT2D eigenvalue weighted by atomic mass is 16.4. The number of nitrogens with zero attached hydrogens (tertiary/aromatic N) is 5. The van der Waals surface area contributed by atoms with E-state index < -0.39 is 0 Å². The van der Waals surface area contributed by atoms with E-state index in [1.807, 2.05) is 0 Å². The molecule has 0 saturated heterocycles. The van der Waals surface area contributed by atoms with Crippen molar-refractivity contribution in [1.29, 1.82) is 0 Å². The molecule has 0 radical (unpaired) electrons. The third-order valence-electron chi connectivity index (χ3n) is 1.31. The van der Waals surface area contributed by atoms with Crippen LogP contribution in [0.5, 0.6) is 0 Å². The first-order chi connectivity index (χ1) is 6.36. The molecule has 66 valence electrons. The van der Waals surface area contributed by atoms with Gasteiger partial charge >= 0.3 is 0 Å². The quantitative estimate of drug-likeness (QED) is 0.190. The van der Waals surface area contributed by atoms with Crippen molar-refractivity contribution in [3.63, 3.8) is 0 Å². The molecular weight excluding hydrogens is 170 g/mol. The van der Waals surface area contributed by atoms with E-state index in [1.165, 1.54) is 6.21 Å². The van der Waals surface area contributed by atoms with Gasteiger partial charge in [-0.1, -0.05) is 16.3 Å². The first kappa shape index (κ1) is 9.02. The third-order valence-corrected chi connectivity index (χ3v) is 1.31. The van der Waals surface area contributed by atoms with Crippen molar-refractivity contribution in [2.45, 2.75) is 6.54 Å². The monoisotopic (exact) mass is 177 g/mol. The Balaban J connectivity index is 2.84. The summed E-state index contributed by atoms with van der Waals surface area (Å²) in [5, 5.41) is 14.4. The SMILES string of the molecule is [N-]=[N+]=NCc1cccc(/C=N\O)n1. The molecule has 0 spiro atoms. The fraction of sp³-hybridized carbons (Fsp3) is 0.143. The van der Waals surface area contributed by atoms with Crippen molar-refractivity contribution in [3.8, 4) is 0 Å². The average Bonchev–Trinajstić information content (AvgIpc) is 2.16. The van der Waals surface area contributed by atoms with Crippen LogP contribution in [-0.4, -0.2) is 16.4 Å². The fourth-order valence-electron chi connectivity index (χ4n) is 0.821. The number of oxime groups is 1. The van der Waals surface area contributed by atoms with E-state index in [2.05, 4.69) is 20.2 Å². The van der Waals surface area contributed by atoms with Gasteiger partial charge in [-0.3, -0.25) is 4.98 Å². The summed E-state index contributed by atoms with van der Waals surface area (Å²) in [6.07, 6.45) is 1.21. The van der Waals surface area contributed by atoms with Crippen LogP contribution in [0, 0.1) is 0 Å². The van der Waals surface area contributed by atoms with Gasteiger partial charge in [0.2, 0.25) is 0 Å². The second kappa shape index (κ2) is 4.74. The van der Waals surface area contributed by atoms with E-state index in [0.29, 0.717) is 11.4 Å².